The zero-order valence-electron chi connectivity index (χ0n) is 12.1. The van der Waals surface area contributed by atoms with Gasteiger partial charge in [0.05, 0.1) is 18.8 Å². The van der Waals surface area contributed by atoms with Crippen molar-refractivity contribution in [3.8, 4) is 0 Å². The van der Waals surface area contributed by atoms with Crippen LogP contribution in [0.1, 0.15) is 38.5 Å². The molecular formula is C14H25N3O3. The first-order valence-electron chi connectivity index (χ1n) is 7.50. The lowest BCUT2D eigenvalue weighted by molar-refractivity contribution is -0.0277. The average Bonchev–Trinajstić information content (AvgIpc) is 2.96. The van der Waals surface area contributed by atoms with Crippen LogP contribution in [0.15, 0.2) is 10.9 Å². The van der Waals surface area contributed by atoms with E-state index in [2.05, 4.69) is 22.4 Å². The van der Waals surface area contributed by atoms with Crippen molar-refractivity contribution in [2.45, 2.75) is 51.2 Å². The van der Waals surface area contributed by atoms with Crippen LogP contribution in [0.2, 0.25) is 0 Å². The van der Waals surface area contributed by atoms with Gasteiger partial charge >= 0.3 is 0 Å². The summed E-state index contributed by atoms with van der Waals surface area (Å²) in [6.45, 7) is 3.93. The molecule has 0 aromatic carbocycles. The molecule has 1 saturated carbocycles. The quantitative estimate of drug-likeness (QED) is 0.697. The minimum Gasteiger partial charge on any atom is -0.389 e. The third-order valence-electron chi connectivity index (χ3n) is 3.79. The maximum atomic E-state index is 9.85. The van der Waals surface area contributed by atoms with Crippen molar-refractivity contribution < 1.29 is 14.4 Å². The number of rotatable bonds is 8. The smallest absolute Gasteiger partial charge is 0.227 e. The second-order valence-corrected chi connectivity index (χ2v) is 5.66. The van der Waals surface area contributed by atoms with Gasteiger partial charge in [0.15, 0.2) is 6.33 Å². The first kappa shape index (κ1) is 15.4. The summed E-state index contributed by atoms with van der Waals surface area (Å²) in [7, 11) is 0. The topological polar surface area (TPSA) is 80.4 Å². The van der Waals surface area contributed by atoms with E-state index in [1.54, 1.807) is 0 Å². The third kappa shape index (κ3) is 5.56. The molecule has 1 atom stereocenters. The molecule has 0 bridgehead atoms. The molecule has 1 aromatic rings. The molecule has 1 aromatic heterocycles. The molecule has 6 heteroatoms. The Morgan fingerprint density at radius 2 is 2.25 bits per heavy atom. The highest BCUT2D eigenvalue weighted by molar-refractivity contribution is 4.75. The second kappa shape index (κ2) is 8.34. The lowest BCUT2D eigenvalue weighted by Gasteiger charge is -2.27. The molecule has 0 aliphatic heterocycles. The highest BCUT2D eigenvalue weighted by Gasteiger charge is 2.19. The van der Waals surface area contributed by atoms with Gasteiger partial charge in [-0.15, -0.1) is 0 Å². The van der Waals surface area contributed by atoms with Gasteiger partial charge in [0.2, 0.25) is 5.89 Å². The number of aliphatic hydroxyl groups is 1. The standard InChI is InChI=1S/C14H25N3O3/c1-11-2-4-13(5-3-11)19-9-12(18)8-15-7-6-14-16-10-17-20-14/h10-13,15,18H,2-9H2,1H3. The molecule has 6 nitrogen and oxygen atoms in total. The van der Waals surface area contributed by atoms with E-state index in [1.807, 2.05) is 0 Å². The monoisotopic (exact) mass is 283 g/mol. The van der Waals surface area contributed by atoms with Gasteiger partial charge in [-0.05, 0) is 31.6 Å². The summed E-state index contributed by atoms with van der Waals surface area (Å²) in [6.07, 6.45) is 6.66. The number of ether oxygens (including phenoxy) is 1. The Labute approximate surface area is 119 Å². The summed E-state index contributed by atoms with van der Waals surface area (Å²) in [5, 5.41) is 16.5. The minimum atomic E-state index is -0.461. The van der Waals surface area contributed by atoms with Crippen LogP contribution < -0.4 is 5.32 Å². The molecule has 1 fully saturated rings. The molecule has 114 valence electrons. The Bertz CT molecular complexity index is 351. The Hall–Kier alpha value is -0.980. The van der Waals surface area contributed by atoms with Gasteiger partial charge in [0.1, 0.15) is 0 Å². The highest BCUT2D eigenvalue weighted by Crippen LogP contribution is 2.25. The van der Waals surface area contributed by atoms with Crippen LogP contribution >= 0.6 is 0 Å². The van der Waals surface area contributed by atoms with E-state index in [0.29, 0.717) is 38.1 Å². The van der Waals surface area contributed by atoms with Gasteiger partial charge in [-0.25, -0.2) is 0 Å². The number of nitrogens with one attached hydrogen (secondary N) is 1. The minimum absolute atomic E-state index is 0.333. The molecule has 0 amide bonds. The number of aliphatic hydroxyl groups excluding tert-OH is 1. The predicted octanol–water partition coefficient (Wildman–Crippen LogP) is 1.16. The summed E-state index contributed by atoms with van der Waals surface area (Å²) in [5.74, 6) is 1.44. The largest absolute Gasteiger partial charge is 0.389 e. The fourth-order valence-corrected chi connectivity index (χ4v) is 2.47. The first-order valence-corrected chi connectivity index (χ1v) is 7.50. The maximum absolute atomic E-state index is 9.85. The van der Waals surface area contributed by atoms with Crippen LogP contribution in [0.25, 0.3) is 0 Å². The first-order chi connectivity index (χ1) is 9.74. The molecule has 1 aliphatic carbocycles. The maximum Gasteiger partial charge on any atom is 0.227 e. The van der Waals surface area contributed by atoms with Gasteiger partial charge in [0.25, 0.3) is 0 Å². The number of nitrogens with zero attached hydrogens (tertiary/aromatic N) is 2. The van der Waals surface area contributed by atoms with Crippen molar-refractivity contribution in [2.75, 3.05) is 19.7 Å². The zero-order chi connectivity index (χ0) is 14.2. The normalized spacial score (nSPS) is 24.7. The molecular weight excluding hydrogens is 258 g/mol. The van der Waals surface area contributed by atoms with E-state index >= 15 is 0 Å². The number of hydrogen-bond acceptors (Lipinski definition) is 6. The van der Waals surface area contributed by atoms with E-state index in [0.717, 1.165) is 18.8 Å². The Morgan fingerprint density at radius 3 is 2.95 bits per heavy atom. The Morgan fingerprint density at radius 1 is 1.45 bits per heavy atom. The van der Waals surface area contributed by atoms with Crippen molar-refractivity contribution >= 4 is 0 Å². The van der Waals surface area contributed by atoms with Gasteiger partial charge in [-0.3, -0.25) is 0 Å². The van der Waals surface area contributed by atoms with Crippen LogP contribution in [-0.2, 0) is 11.2 Å². The molecule has 1 heterocycles. The lowest BCUT2D eigenvalue weighted by Crippen LogP contribution is -2.33. The van der Waals surface area contributed by atoms with E-state index in [4.69, 9.17) is 9.26 Å². The van der Waals surface area contributed by atoms with Gasteiger partial charge in [-0.2, -0.15) is 4.98 Å². The van der Waals surface area contributed by atoms with Gasteiger partial charge in [0, 0.05) is 19.5 Å². The Kier molecular flexibility index (Phi) is 6.42. The zero-order valence-corrected chi connectivity index (χ0v) is 12.1. The SMILES string of the molecule is CC1CCC(OCC(O)CNCCc2ncno2)CC1. The van der Waals surface area contributed by atoms with Crippen molar-refractivity contribution in [3.63, 3.8) is 0 Å². The Balaban J connectivity index is 1.49. The van der Waals surface area contributed by atoms with E-state index < -0.39 is 6.10 Å². The lowest BCUT2D eigenvalue weighted by atomic mass is 9.89. The molecule has 1 aliphatic rings. The summed E-state index contributed by atoms with van der Waals surface area (Å²) in [5.41, 5.74) is 0. The van der Waals surface area contributed by atoms with Crippen molar-refractivity contribution in [2.24, 2.45) is 5.92 Å². The number of hydrogen-bond donors (Lipinski definition) is 2. The van der Waals surface area contributed by atoms with Crippen LogP contribution in [0.4, 0.5) is 0 Å². The fourth-order valence-electron chi connectivity index (χ4n) is 2.47. The van der Waals surface area contributed by atoms with Crippen LogP contribution in [0.3, 0.4) is 0 Å². The molecule has 2 rings (SSSR count). The van der Waals surface area contributed by atoms with Crippen LogP contribution in [0.5, 0.6) is 0 Å². The predicted molar refractivity (Wildman–Crippen MR) is 74.3 cm³/mol. The summed E-state index contributed by atoms with van der Waals surface area (Å²) in [6, 6.07) is 0. The van der Waals surface area contributed by atoms with Crippen molar-refractivity contribution in [1.82, 2.24) is 15.5 Å². The second-order valence-electron chi connectivity index (χ2n) is 5.66. The average molecular weight is 283 g/mol. The van der Waals surface area contributed by atoms with Crippen LogP contribution in [-0.4, -0.2) is 47.2 Å². The molecule has 20 heavy (non-hydrogen) atoms. The van der Waals surface area contributed by atoms with Gasteiger partial charge in [-0.1, -0.05) is 12.1 Å². The molecule has 1 unspecified atom stereocenters. The summed E-state index contributed by atoms with van der Waals surface area (Å²) in [4.78, 5) is 3.93. The van der Waals surface area contributed by atoms with E-state index in [-0.39, 0.29) is 0 Å². The fraction of sp³-hybridized carbons (Fsp3) is 0.857. The van der Waals surface area contributed by atoms with Crippen molar-refractivity contribution in [3.05, 3.63) is 12.2 Å². The van der Waals surface area contributed by atoms with Crippen LogP contribution in [0, 0.1) is 5.92 Å². The molecule has 0 radical (unpaired) electrons. The van der Waals surface area contributed by atoms with Gasteiger partial charge < -0.3 is 19.7 Å². The molecule has 0 saturated heterocycles. The summed E-state index contributed by atoms with van der Waals surface area (Å²) < 4.78 is 10.7. The highest BCUT2D eigenvalue weighted by atomic mass is 16.5. The van der Waals surface area contributed by atoms with E-state index in [9.17, 15) is 5.11 Å². The molecule has 0 spiro atoms. The summed E-state index contributed by atoms with van der Waals surface area (Å²) >= 11 is 0. The molecule has 2 N–H and O–H groups in total. The number of aromatic nitrogens is 2. The third-order valence-corrected chi connectivity index (χ3v) is 3.79. The van der Waals surface area contributed by atoms with E-state index in [1.165, 1.54) is 19.2 Å². The van der Waals surface area contributed by atoms with Crippen molar-refractivity contribution in [1.29, 1.82) is 0 Å².